The van der Waals surface area contributed by atoms with Crippen molar-refractivity contribution in [3.05, 3.63) is 23.0 Å². The molecule has 232 valence electrons. The van der Waals surface area contributed by atoms with Gasteiger partial charge >= 0.3 is 6.80 Å². The third kappa shape index (κ3) is 5.45. The molecule has 2 saturated heterocycles. The molecule has 2 aliphatic rings. The van der Waals surface area contributed by atoms with Crippen LogP contribution >= 0.6 is 30.8 Å². The van der Waals surface area contributed by atoms with Crippen LogP contribution < -0.4 is 17.0 Å². The van der Waals surface area contributed by atoms with Gasteiger partial charge in [-0.25, -0.2) is 28.3 Å². The van der Waals surface area contributed by atoms with E-state index < -0.39 is 73.1 Å². The molecule has 4 aromatic heterocycles. The first-order chi connectivity index (χ1) is 20.5. The van der Waals surface area contributed by atoms with E-state index in [1.165, 1.54) is 10.9 Å². The monoisotopic (exact) mass is 663 g/mol. The van der Waals surface area contributed by atoms with E-state index in [9.17, 15) is 19.6 Å². The van der Waals surface area contributed by atoms with Gasteiger partial charge < -0.3 is 30.9 Å². The number of halogens is 2. The molecule has 23 heteroatoms. The summed E-state index contributed by atoms with van der Waals surface area (Å²) in [6.07, 6.45) is -7.25. The Morgan fingerprint density at radius 1 is 1.21 bits per heavy atom. The third-order valence-electron chi connectivity index (χ3n) is 6.90. The number of nitrogens with one attached hydrogen (secondary N) is 1. The summed E-state index contributed by atoms with van der Waals surface area (Å²) < 4.78 is 62.4. The Labute approximate surface area is 248 Å². The van der Waals surface area contributed by atoms with E-state index in [1.54, 1.807) is 0 Å². The molecule has 9 atom stereocenters. The molecule has 6 rings (SSSR count). The SMILES string of the molecule is Nc1nc2c(ncn2[C@@H]2S[C@H](CO)[C@@H](F)[C@H]2OP(=O)(S)OCC[C@H]2O[C@@H](n3nnc4c(N)ncnc43)[C@@H](F)[C@@H]2O)c(=O)[nH]1. The van der Waals surface area contributed by atoms with Crippen LogP contribution in [0.3, 0.4) is 0 Å². The van der Waals surface area contributed by atoms with Gasteiger partial charge in [-0.3, -0.25) is 18.9 Å². The molecular formula is C20H24F2N11O7PS2. The minimum atomic E-state index is -4.30. The van der Waals surface area contributed by atoms with Gasteiger partial charge in [0, 0.05) is 6.42 Å². The summed E-state index contributed by atoms with van der Waals surface area (Å²) in [5, 5.41) is 25.8. The zero-order valence-corrected chi connectivity index (χ0v) is 24.2. The predicted octanol–water partition coefficient (Wildman–Crippen LogP) is -0.111. The van der Waals surface area contributed by atoms with Crippen molar-refractivity contribution in [2.75, 3.05) is 24.7 Å². The lowest BCUT2D eigenvalue weighted by Crippen LogP contribution is -2.31. The van der Waals surface area contributed by atoms with Gasteiger partial charge in [-0.2, -0.15) is 9.67 Å². The Balaban J connectivity index is 1.13. The van der Waals surface area contributed by atoms with Gasteiger partial charge in [-0.1, -0.05) is 17.5 Å². The Morgan fingerprint density at radius 3 is 2.77 bits per heavy atom. The number of hydrogen-bond acceptors (Lipinski definition) is 16. The fraction of sp³-hybridized carbons (Fsp3) is 0.550. The van der Waals surface area contributed by atoms with Gasteiger partial charge in [0.1, 0.15) is 30.1 Å². The summed E-state index contributed by atoms with van der Waals surface area (Å²) in [6.45, 7) is -5.28. The number of fused-ring (bicyclic) bond motifs is 2. The molecule has 0 aromatic carbocycles. The zero-order chi connectivity index (χ0) is 30.6. The molecule has 0 aliphatic carbocycles. The number of anilines is 2. The average Bonchev–Trinajstić information content (AvgIpc) is 3.71. The molecule has 7 N–H and O–H groups in total. The van der Waals surface area contributed by atoms with Crippen molar-refractivity contribution in [2.45, 2.75) is 53.9 Å². The van der Waals surface area contributed by atoms with E-state index in [0.717, 1.165) is 22.8 Å². The first kappa shape index (κ1) is 30.1. The molecule has 0 amide bonds. The van der Waals surface area contributed by atoms with E-state index in [1.807, 2.05) is 0 Å². The van der Waals surface area contributed by atoms with Gasteiger partial charge in [0.25, 0.3) is 5.56 Å². The van der Waals surface area contributed by atoms with Crippen LogP contribution in [0, 0.1) is 0 Å². The molecule has 0 spiro atoms. The van der Waals surface area contributed by atoms with Crippen LogP contribution in [0.25, 0.3) is 22.3 Å². The lowest BCUT2D eigenvalue weighted by Gasteiger charge is -2.25. The predicted molar refractivity (Wildman–Crippen MR) is 149 cm³/mol. The fourth-order valence-corrected chi connectivity index (χ4v) is 7.85. The first-order valence-corrected chi connectivity index (χ1v) is 16.2. The molecule has 0 bridgehead atoms. The average molecular weight is 664 g/mol. The van der Waals surface area contributed by atoms with E-state index in [-0.39, 0.29) is 40.5 Å². The number of alkyl halides is 2. The van der Waals surface area contributed by atoms with E-state index in [2.05, 4.69) is 47.5 Å². The standard InChI is InChI=1S/C20H24F2N11O7PS2/c21-8-7(3-34)43-19(32-5-27-11-16(32)28-20(24)29-17(11)36)13(8)40-41(37,42)38-2-1-6-12(35)9(22)18(39-6)33-15-10(30-31-33)14(23)25-4-26-15/h4-9,12-13,18-19,34-35H,1-3H2,(H,37,42)(H2,23,25,26)(H3,24,28,29,36)/t6-,7-,8-,9+,12-,13-,18-,19-,41?/m1/s1. The van der Waals surface area contributed by atoms with Gasteiger partial charge in [0.15, 0.2) is 40.5 Å². The van der Waals surface area contributed by atoms with Gasteiger partial charge in [-0.15, -0.1) is 16.9 Å². The number of nitrogen functional groups attached to an aromatic ring is 2. The fourth-order valence-electron chi connectivity index (χ4n) is 4.87. The molecule has 0 radical (unpaired) electrons. The molecule has 2 aliphatic heterocycles. The highest BCUT2D eigenvalue weighted by Crippen LogP contribution is 2.59. The summed E-state index contributed by atoms with van der Waals surface area (Å²) >= 11 is 4.91. The van der Waals surface area contributed by atoms with Crippen molar-refractivity contribution in [1.29, 1.82) is 0 Å². The highest BCUT2D eigenvalue weighted by atomic mass is 32.7. The summed E-state index contributed by atoms with van der Waals surface area (Å²) in [5.41, 5.74) is 10.9. The number of imidazole rings is 1. The number of aromatic nitrogens is 9. The number of hydrogen-bond donors (Lipinski definition) is 6. The van der Waals surface area contributed by atoms with Gasteiger partial charge in [-0.05, 0) is 0 Å². The summed E-state index contributed by atoms with van der Waals surface area (Å²) in [4.78, 5) is 30.3. The van der Waals surface area contributed by atoms with E-state index >= 15 is 8.78 Å². The topological polar surface area (TPSA) is 257 Å². The number of thioether (sulfide) groups is 1. The van der Waals surface area contributed by atoms with Crippen molar-refractivity contribution in [2.24, 2.45) is 0 Å². The summed E-state index contributed by atoms with van der Waals surface area (Å²) in [6, 6.07) is 0. The number of H-pyrrole nitrogens is 1. The van der Waals surface area contributed by atoms with Crippen LogP contribution in [0.5, 0.6) is 0 Å². The van der Waals surface area contributed by atoms with Crippen molar-refractivity contribution < 1.29 is 37.3 Å². The highest BCUT2D eigenvalue weighted by Gasteiger charge is 2.50. The minimum absolute atomic E-state index is 0.0186. The molecular weight excluding hydrogens is 639 g/mol. The number of aliphatic hydroxyl groups excluding tert-OH is 2. The smallest absolute Gasteiger partial charge is 0.386 e. The molecule has 4 aromatic rings. The lowest BCUT2D eigenvalue weighted by molar-refractivity contribution is -0.0376. The number of aromatic amines is 1. The van der Waals surface area contributed by atoms with Gasteiger partial charge in [0.2, 0.25) is 5.95 Å². The van der Waals surface area contributed by atoms with E-state index in [0.29, 0.717) is 0 Å². The summed E-state index contributed by atoms with van der Waals surface area (Å²) in [7, 11) is 0. The van der Waals surface area contributed by atoms with Crippen LogP contribution in [0.1, 0.15) is 18.0 Å². The Bertz CT molecular complexity index is 1760. The molecule has 1 unspecified atom stereocenters. The third-order valence-corrected chi connectivity index (χ3v) is 10.1. The molecule has 43 heavy (non-hydrogen) atoms. The largest absolute Gasteiger partial charge is 0.395 e. The number of thiol groups is 1. The van der Waals surface area contributed by atoms with Crippen LogP contribution in [0.2, 0.25) is 0 Å². The van der Waals surface area contributed by atoms with Crippen LogP contribution in [-0.2, 0) is 18.3 Å². The van der Waals surface area contributed by atoms with Crippen LogP contribution in [0.4, 0.5) is 20.5 Å². The first-order valence-electron chi connectivity index (χ1n) is 12.6. The Kier molecular flexibility index (Phi) is 8.04. The molecule has 18 nitrogen and oxygen atoms in total. The quantitative estimate of drug-likeness (QED) is 0.101. The van der Waals surface area contributed by atoms with Crippen molar-refractivity contribution in [3.63, 3.8) is 0 Å². The Hall–Kier alpha value is -2.98. The van der Waals surface area contributed by atoms with Gasteiger partial charge in [0.05, 0.1) is 30.9 Å². The number of rotatable bonds is 9. The second-order valence-electron chi connectivity index (χ2n) is 9.59. The maximum absolute atomic E-state index is 15.4. The maximum Gasteiger partial charge on any atom is 0.386 e. The molecule has 2 fully saturated rings. The number of ether oxygens (including phenoxy) is 1. The molecule has 6 heterocycles. The number of nitrogens with two attached hydrogens (primary N) is 2. The second kappa shape index (κ2) is 11.5. The van der Waals surface area contributed by atoms with Crippen molar-refractivity contribution in [3.8, 4) is 0 Å². The number of aliphatic hydroxyl groups is 2. The highest BCUT2D eigenvalue weighted by molar-refractivity contribution is 8.44. The van der Waals surface area contributed by atoms with Crippen molar-refractivity contribution >= 4 is 64.9 Å². The molecule has 0 saturated carbocycles. The Morgan fingerprint density at radius 2 is 2.00 bits per heavy atom. The van der Waals surface area contributed by atoms with Crippen LogP contribution in [0.15, 0.2) is 17.4 Å². The zero-order valence-electron chi connectivity index (χ0n) is 21.6. The maximum atomic E-state index is 15.4. The minimum Gasteiger partial charge on any atom is -0.395 e. The van der Waals surface area contributed by atoms with E-state index in [4.69, 9.17) is 25.3 Å². The second-order valence-corrected chi connectivity index (χ2v) is 13.8. The van der Waals surface area contributed by atoms with Crippen molar-refractivity contribution in [1.82, 2.24) is 44.5 Å². The normalized spacial score (nSPS) is 30.8. The lowest BCUT2D eigenvalue weighted by atomic mass is 10.1. The number of nitrogens with zero attached hydrogens (tertiary/aromatic N) is 8. The summed E-state index contributed by atoms with van der Waals surface area (Å²) in [5.74, 6) is -0.180. The van der Waals surface area contributed by atoms with Crippen LogP contribution in [-0.4, -0.2) is 104 Å².